The van der Waals surface area contributed by atoms with E-state index in [4.69, 9.17) is 10.5 Å². The van der Waals surface area contributed by atoms with Gasteiger partial charge in [0.05, 0.1) is 12.2 Å². The van der Waals surface area contributed by atoms with Gasteiger partial charge in [-0.15, -0.1) is 0 Å². The predicted molar refractivity (Wildman–Crippen MR) is 180 cm³/mol. The van der Waals surface area contributed by atoms with Crippen molar-refractivity contribution in [2.24, 2.45) is 10.7 Å². The molecule has 0 aliphatic carbocycles. The molecule has 240 valence electrons. The lowest BCUT2D eigenvalue weighted by atomic mass is 10.0. The SMILES string of the molecule is CCCN(CCC)C(=O)C1=Cc2ccc(C(=O)Nc3cccc(CCC(=O)CNC(=O)OCc4ccccc4)c3)cc2N=C(N)C1. The number of nitrogens with zero attached hydrogens (tertiary/aromatic N) is 2. The topological polar surface area (TPSA) is 143 Å². The molecule has 0 fully saturated rings. The number of Topliss-reactive ketones (excluding diaryl/α,β-unsaturated/α-hetero) is 1. The monoisotopic (exact) mass is 623 g/mol. The molecule has 3 amide bonds. The highest BCUT2D eigenvalue weighted by atomic mass is 16.5. The van der Waals surface area contributed by atoms with Gasteiger partial charge < -0.3 is 26.0 Å². The molecule has 4 N–H and O–H groups in total. The molecule has 0 aromatic heterocycles. The van der Waals surface area contributed by atoms with Crippen LogP contribution in [-0.4, -0.2) is 54.1 Å². The largest absolute Gasteiger partial charge is 0.445 e. The molecule has 0 saturated carbocycles. The molecule has 1 heterocycles. The van der Waals surface area contributed by atoms with Gasteiger partial charge >= 0.3 is 6.09 Å². The highest BCUT2D eigenvalue weighted by Gasteiger charge is 2.21. The Morgan fingerprint density at radius 3 is 2.39 bits per heavy atom. The molecule has 10 nitrogen and oxygen atoms in total. The Kier molecular flexibility index (Phi) is 12.2. The van der Waals surface area contributed by atoms with Crippen molar-refractivity contribution in [3.05, 3.63) is 101 Å². The van der Waals surface area contributed by atoms with Crippen LogP contribution in [-0.2, 0) is 27.4 Å². The van der Waals surface area contributed by atoms with Crippen LogP contribution < -0.4 is 16.4 Å². The van der Waals surface area contributed by atoms with Gasteiger partial charge in [-0.25, -0.2) is 9.79 Å². The average molecular weight is 624 g/mol. The fourth-order valence-corrected chi connectivity index (χ4v) is 5.05. The molecule has 0 unspecified atom stereocenters. The smallest absolute Gasteiger partial charge is 0.407 e. The van der Waals surface area contributed by atoms with Crippen molar-refractivity contribution in [1.29, 1.82) is 0 Å². The van der Waals surface area contributed by atoms with Gasteiger partial charge in [-0.3, -0.25) is 14.4 Å². The number of carbonyl (C=O) groups is 4. The number of amides is 3. The molecular formula is C36H41N5O5. The van der Waals surface area contributed by atoms with Gasteiger partial charge in [-0.05, 0) is 60.7 Å². The first kappa shape index (κ1) is 33.6. The van der Waals surface area contributed by atoms with E-state index >= 15 is 0 Å². The molecule has 1 aliphatic rings. The van der Waals surface area contributed by atoms with Gasteiger partial charge in [-0.1, -0.05) is 62.4 Å². The number of hydrogen-bond acceptors (Lipinski definition) is 7. The number of anilines is 1. The summed E-state index contributed by atoms with van der Waals surface area (Å²) < 4.78 is 5.14. The zero-order valence-corrected chi connectivity index (χ0v) is 26.4. The van der Waals surface area contributed by atoms with E-state index in [0.29, 0.717) is 47.9 Å². The lowest BCUT2D eigenvalue weighted by Gasteiger charge is -2.22. The van der Waals surface area contributed by atoms with Gasteiger partial charge in [0, 0.05) is 48.3 Å². The second kappa shape index (κ2) is 16.7. The number of fused-ring (bicyclic) bond motifs is 1. The molecule has 4 rings (SSSR count). The number of alkyl carbamates (subject to hydrolysis) is 1. The van der Waals surface area contributed by atoms with Crippen LogP contribution in [0.25, 0.3) is 6.08 Å². The molecule has 10 heteroatoms. The van der Waals surface area contributed by atoms with Crippen LogP contribution in [0.3, 0.4) is 0 Å². The van der Waals surface area contributed by atoms with Crippen LogP contribution in [0.4, 0.5) is 16.2 Å². The summed E-state index contributed by atoms with van der Waals surface area (Å²) in [5, 5.41) is 5.39. The van der Waals surface area contributed by atoms with Crippen molar-refractivity contribution in [3.8, 4) is 0 Å². The number of aliphatic imine (C=N–C) groups is 1. The summed E-state index contributed by atoms with van der Waals surface area (Å²) in [7, 11) is 0. The van der Waals surface area contributed by atoms with Crippen LogP contribution in [0.2, 0.25) is 0 Å². The highest BCUT2D eigenvalue weighted by Crippen LogP contribution is 2.29. The summed E-state index contributed by atoms with van der Waals surface area (Å²) in [6, 6.07) is 21.7. The fraction of sp³-hybridized carbons (Fsp3) is 0.306. The fourth-order valence-electron chi connectivity index (χ4n) is 5.05. The van der Waals surface area contributed by atoms with E-state index in [9.17, 15) is 19.2 Å². The third-order valence-corrected chi connectivity index (χ3v) is 7.33. The van der Waals surface area contributed by atoms with Crippen molar-refractivity contribution in [3.63, 3.8) is 0 Å². The standard InChI is InChI=1S/C36H41N5O5/c1-3-17-41(18-4-2)35(44)29-20-27-14-15-28(21-32(27)40-33(37)22-29)34(43)39-30-12-8-11-25(19-30)13-16-31(42)23-38-36(45)46-24-26-9-6-5-7-10-26/h5-12,14-15,19-21H,3-4,13,16-18,22-24H2,1-2H3,(H2,37,40)(H,38,45)(H,39,43). The number of benzene rings is 3. The predicted octanol–water partition coefficient (Wildman–Crippen LogP) is 5.79. The maximum atomic E-state index is 13.2. The Balaban J connectivity index is 1.32. The average Bonchev–Trinajstić information content (AvgIpc) is 3.23. The molecule has 3 aromatic rings. The first-order chi connectivity index (χ1) is 22.2. The van der Waals surface area contributed by atoms with Crippen molar-refractivity contribution in [1.82, 2.24) is 10.2 Å². The number of ketones is 1. The van der Waals surface area contributed by atoms with E-state index in [0.717, 1.165) is 29.5 Å². The van der Waals surface area contributed by atoms with Gasteiger partial charge in [-0.2, -0.15) is 0 Å². The van der Waals surface area contributed by atoms with Gasteiger partial charge in [0.15, 0.2) is 5.78 Å². The van der Waals surface area contributed by atoms with Crippen molar-refractivity contribution in [2.75, 3.05) is 25.0 Å². The zero-order valence-electron chi connectivity index (χ0n) is 26.4. The summed E-state index contributed by atoms with van der Waals surface area (Å²) in [6.07, 6.45) is 3.79. The Morgan fingerprint density at radius 2 is 1.65 bits per heavy atom. The highest BCUT2D eigenvalue weighted by molar-refractivity contribution is 6.08. The maximum Gasteiger partial charge on any atom is 0.407 e. The van der Waals surface area contributed by atoms with Crippen molar-refractivity contribution >= 4 is 47.0 Å². The summed E-state index contributed by atoms with van der Waals surface area (Å²) in [4.78, 5) is 57.1. The third kappa shape index (κ3) is 9.88. The van der Waals surface area contributed by atoms with Crippen LogP contribution in [0, 0.1) is 0 Å². The van der Waals surface area contributed by atoms with Crippen LogP contribution >= 0.6 is 0 Å². The number of nitrogens with two attached hydrogens (primary N) is 1. The lowest BCUT2D eigenvalue weighted by molar-refractivity contribution is -0.127. The van der Waals surface area contributed by atoms with E-state index in [2.05, 4.69) is 15.6 Å². The van der Waals surface area contributed by atoms with E-state index < -0.39 is 6.09 Å². The second-order valence-corrected chi connectivity index (χ2v) is 11.1. The molecule has 0 saturated heterocycles. The Morgan fingerprint density at radius 1 is 0.913 bits per heavy atom. The minimum Gasteiger partial charge on any atom is -0.445 e. The Hall–Kier alpha value is -5.25. The van der Waals surface area contributed by atoms with Gasteiger partial charge in [0.1, 0.15) is 12.4 Å². The molecule has 0 atom stereocenters. The lowest BCUT2D eigenvalue weighted by Crippen LogP contribution is -2.34. The normalized spacial score (nSPS) is 12.1. The molecule has 0 bridgehead atoms. The Labute approximate surface area is 269 Å². The van der Waals surface area contributed by atoms with E-state index in [1.807, 2.05) is 67.3 Å². The quantitative estimate of drug-likeness (QED) is 0.207. The number of carbonyl (C=O) groups excluding carboxylic acids is 4. The number of amidine groups is 1. The summed E-state index contributed by atoms with van der Waals surface area (Å²) in [5.41, 5.74) is 10.7. The van der Waals surface area contributed by atoms with Gasteiger partial charge in [0.25, 0.3) is 5.91 Å². The number of ether oxygens (including phenoxy) is 1. The van der Waals surface area contributed by atoms with Gasteiger partial charge in [0.2, 0.25) is 5.91 Å². The van der Waals surface area contributed by atoms with Crippen molar-refractivity contribution in [2.45, 2.75) is 52.6 Å². The summed E-state index contributed by atoms with van der Waals surface area (Å²) in [6.45, 7) is 5.43. The molecule has 3 aromatic carbocycles. The molecule has 0 radical (unpaired) electrons. The van der Waals surface area contributed by atoms with E-state index in [1.54, 1.807) is 30.3 Å². The summed E-state index contributed by atoms with van der Waals surface area (Å²) in [5.74, 6) is -0.205. The first-order valence-corrected chi connectivity index (χ1v) is 15.6. The van der Waals surface area contributed by atoms with Crippen LogP contribution in [0.15, 0.2) is 83.4 Å². The molecular weight excluding hydrogens is 582 g/mol. The molecule has 46 heavy (non-hydrogen) atoms. The molecule has 1 aliphatic heterocycles. The Bertz CT molecular complexity index is 1610. The third-order valence-electron chi connectivity index (χ3n) is 7.33. The van der Waals surface area contributed by atoms with Crippen LogP contribution in [0.5, 0.6) is 0 Å². The number of nitrogens with one attached hydrogen (secondary N) is 2. The van der Waals surface area contributed by atoms with Crippen molar-refractivity contribution < 1.29 is 23.9 Å². The number of rotatable bonds is 14. The van der Waals surface area contributed by atoms with E-state index in [-0.39, 0.29) is 43.6 Å². The minimum absolute atomic E-state index is 0.0456. The molecule has 0 spiro atoms. The number of aryl methyl sites for hydroxylation is 1. The van der Waals surface area contributed by atoms with Crippen LogP contribution in [0.1, 0.15) is 66.6 Å². The zero-order chi connectivity index (χ0) is 32.9. The first-order valence-electron chi connectivity index (χ1n) is 15.6. The number of hydrogen-bond donors (Lipinski definition) is 3. The van der Waals surface area contributed by atoms with E-state index in [1.165, 1.54) is 0 Å². The minimum atomic E-state index is -0.649. The summed E-state index contributed by atoms with van der Waals surface area (Å²) >= 11 is 0. The maximum absolute atomic E-state index is 13.2. The second-order valence-electron chi connectivity index (χ2n) is 11.1.